The van der Waals surface area contributed by atoms with E-state index in [2.05, 4.69) is 14.9 Å². The van der Waals surface area contributed by atoms with Crippen molar-refractivity contribution in [3.05, 3.63) is 42.4 Å². The Labute approximate surface area is 158 Å². The van der Waals surface area contributed by atoms with Crippen LogP contribution in [0.25, 0.3) is 0 Å². The first-order valence-corrected chi connectivity index (χ1v) is 9.18. The van der Waals surface area contributed by atoms with Crippen molar-refractivity contribution < 1.29 is 19.4 Å². The first kappa shape index (κ1) is 17.7. The zero-order valence-corrected chi connectivity index (χ0v) is 15.2. The quantitative estimate of drug-likeness (QED) is 0.781. The van der Waals surface area contributed by atoms with Gasteiger partial charge >= 0.3 is 0 Å². The molecule has 0 aromatic carbocycles. The third-order valence-corrected chi connectivity index (χ3v) is 5.41. The minimum atomic E-state index is -0.0112. The van der Waals surface area contributed by atoms with Gasteiger partial charge in [0.2, 0.25) is 0 Å². The molecule has 2 aromatic rings. The van der Waals surface area contributed by atoms with E-state index in [1.165, 1.54) is 12.3 Å². The first-order valence-electron chi connectivity index (χ1n) is 9.18. The SMILES string of the molecule is COc1ncccc1OC1C[C@@H]2CN(CC(=O)c3ccc(O)cn3)C[C@@H]2C1. The van der Waals surface area contributed by atoms with Gasteiger partial charge in [-0.25, -0.2) is 9.97 Å². The Kier molecular flexibility index (Phi) is 4.94. The molecule has 0 amide bonds. The lowest BCUT2D eigenvalue weighted by Gasteiger charge is -2.19. The highest BCUT2D eigenvalue weighted by Gasteiger charge is 2.42. The molecule has 1 saturated carbocycles. The van der Waals surface area contributed by atoms with Crippen molar-refractivity contribution in [3.8, 4) is 17.4 Å². The van der Waals surface area contributed by atoms with Gasteiger partial charge in [-0.2, -0.15) is 0 Å². The Hall–Kier alpha value is -2.67. The van der Waals surface area contributed by atoms with E-state index < -0.39 is 0 Å². The molecule has 0 spiro atoms. The molecule has 27 heavy (non-hydrogen) atoms. The summed E-state index contributed by atoms with van der Waals surface area (Å²) in [5, 5.41) is 9.29. The Morgan fingerprint density at radius 2 is 2.00 bits per heavy atom. The van der Waals surface area contributed by atoms with Crippen LogP contribution in [0.2, 0.25) is 0 Å². The highest BCUT2D eigenvalue weighted by Crippen LogP contribution is 2.40. The fourth-order valence-corrected chi connectivity index (χ4v) is 4.20. The number of ether oxygens (including phenoxy) is 2. The smallest absolute Gasteiger partial charge is 0.256 e. The standard InChI is InChI=1S/C20H23N3O4/c1-26-20-19(3-2-6-21-20)27-16-7-13-10-23(11-14(13)8-16)12-18(25)17-5-4-15(24)9-22-17/h2-6,9,13-14,16,24H,7-8,10-12H2,1H3/t13-,14+,16?. The van der Waals surface area contributed by atoms with Crippen molar-refractivity contribution in [2.45, 2.75) is 18.9 Å². The summed E-state index contributed by atoms with van der Waals surface area (Å²) < 4.78 is 11.4. The predicted molar refractivity (Wildman–Crippen MR) is 98.1 cm³/mol. The predicted octanol–water partition coefficient (Wildman–Crippen LogP) is 2.16. The van der Waals surface area contributed by atoms with Crippen molar-refractivity contribution in [2.75, 3.05) is 26.7 Å². The molecule has 4 rings (SSSR count). The second kappa shape index (κ2) is 7.52. The molecule has 142 valence electrons. The van der Waals surface area contributed by atoms with Crippen molar-refractivity contribution in [1.82, 2.24) is 14.9 Å². The van der Waals surface area contributed by atoms with E-state index in [4.69, 9.17) is 9.47 Å². The number of ketones is 1. The van der Waals surface area contributed by atoms with Crippen LogP contribution in [-0.4, -0.2) is 58.6 Å². The Bertz CT molecular complexity index is 797. The Morgan fingerprint density at radius 1 is 1.22 bits per heavy atom. The van der Waals surface area contributed by atoms with Crippen molar-refractivity contribution in [3.63, 3.8) is 0 Å². The molecule has 2 aliphatic rings. The van der Waals surface area contributed by atoms with Crippen LogP contribution < -0.4 is 9.47 Å². The summed E-state index contributed by atoms with van der Waals surface area (Å²) in [4.78, 5) is 22.8. The molecule has 0 radical (unpaired) electrons. The van der Waals surface area contributed by atoms with Crippen molar-refractivity contribution >= 4 is 5.78 Å². The molecule has 0 bridgehead atoms. The van der Waals surface area contributed by atoms with Gasteiger partial charge in [-0.05, 0) is 48.9 Å². The number of aromatic hydroxyl groups is 1. The average molecular weight is 369 g/mol. The summed E-state index contributed by atoms with van der Waals surface area (Å²) >= 11 is 0. The largest absolute Gasteiger partial charge is 0.506 e. The lowest BCUT2D eigenvalue weighted by atomic mass is 10.0. The average Bonchev–Trinajstić information content (AvgIpc) is 3.20. The second-order valence-corrected chi connectivity index (χ2v) is 7.26. The maximum Gasteiger partial charge on any atom is 0.256 e. The van der Waals surface area contributed by atoms with E-state index in [9.17, 15) is 9.90 Å². The van der Waals surface area contributed by atoms with Gasteiger partial charge in [0.05, 0.1) is 26.0 Å². The number of Topliss-reactive ketones (excluding diaryl/α,β-unsaturated/α-hetero) is 1. The molecular formula is C20H23N3O4. The van der Waals surface area contributed by atoms with Crippen LogP contribution >= 0.6 is 0 Å². The summed E-state index contributed by atoms with van der Waals surface area (Å²) in [6, 6.07) is 6.79. The maximum absolute atomic E-state index is 12.4. The number of carbonyl (C=O) groups is 1. The summed E-state index contributed by atoms with van der Waals surface area (Å²) in [7, 11) is 1.59. The molecule has 1 aliphatic heterocycles. The molecule has 1 aliphatic carbocycles. The van der Waals surface area contributed by atoms with Crippen molar-refractivity contribution in [1.29, 1.82) is 0 Å². The van der Waals surface area contributed by atoms with Gasteiger partial charge in [-0.15, -0.1) is 0 Å². The number of pyridine rings is 2. The molecule has 7 nitrogen and oxygen atoms in total. The molecule has 7 heteroatoms. The van der Waals surface area contributed by atoms with E-state index in [1.54, 1.807) is 19.4 Å². The van der Waals surface area contributed by atoms with E-state index in [1.807, 2.05) is 12.1 Å². The first-order chi connectivity index (χ1) is 13.1. The van der Waals surface area contributed by atoms with Crippen LogP contribution in [-0.2, 0) is 0 Å². The molecule has 1 saturated heterocycles. The Morgan fingerprint density at radius 3 is 2.67 bits per heavy atom. The molecule has 2 aromatic heterocycles. The molecular weight excluding hydrogens is 346 g/mol. The number of fused-ring (bicyclic) bond motifs is 1. The van der Waals surface area contributed by atoms with Crippen LogP contribution in [0.15, 0.2) is 36.7 Å². The van der Waals surface area contributed by atoms with E-state index in [0.29, 0.717) is 35.7 Å². The van der Waals surface area contributed by atoms with Crippen LogP contribution in [0.1, 0.15) is 23.3 Å². The summed E-state index contributed by atoms with van der Waals surface area (Å²) in [6.45, 7) is 2.17. The fraction of sp³-hybridized carbons (Fsp3) is 0.450. The van der Waals surface area contributed by atoms with Crippen LogP contribution in [0.5, 0.6) is 17.4 Å². The number of carbonyl (C=O) groups excluding carboxylic acids is 1. The summed E-state index contributed by atoms with van der Waals surface area (Å²) in [6.07, 6.45) is 5.11. The topological polar surface area (TPSA) is 84.8 Å². The van der Waals surface area contributed by atoms with E-state index in [-0.39, 0.29) is 17.6 Å². The minimum Gasteiger partial charge on any atom is -0.506 e. The maximum atomic E-state index is 12.4. The number of hydrogen-bond acceptors (Lipinski definition) is 7. The summed E-state index contributed by atoms with van der Waals surface area (Å²) in [5.74, 6) is 2.34. The van der Waals surface area contributed by atoms with E-state index in [0.717, 1.165) is 25.9 Å². The van der Waals surface area contributed by atoms with E-state index >= 15 is 0 Å². The van der Waals surface area contributed by atoms with Crippen LogP contribution in [0.3, 0.4) is 0 Å². The zero-order valence-electron chi connectivity index (χ0n) is 15.2. The number of nitrogens with zero attached hydrogens (tertiary/aromatic N) is 3. The van der Waals surface area contributed by atoms with Gasteiger partial charge in [0, 0.05) is 19.3 Å². The highest BCUT2D eigenvalue weighted by molar-refractivity contribution is 5.95. The third-order valence-electron chi connectivity index (χ3n) is 5.41. The fourth-order valence-electron chi connectivity index (χ4n) is 4.20. The number of likely N-dealkylation sites (tertiary alicyclic amines) is 1. The second-order valence-electron chi connectivity index (χ2n) is 7.26. The molecule has 3 atom stereocenters. The van der Waals surface area contributed by atoms with Gasteiger partial charge in [-0.1, -0.05) is 0 Å². The number of aromatic nitrogens is 2. The van der Waals surface area contributed by atoms with Gasteiger partial charge in [0.1, 0.15) is 11.4 Å². The zero-order chi connectivity index (χ0) is 18.8. The van der Waals surface area contributed by atoms with Gasteiger partial charge in [0.25, 0.3) is 5.88 Å². The molecule has 2 fully saturated rings. The summed E-state index contributed by atoms with van der Waals surface area (Å²) in [5.41, 5.74) is 0.398. The number of methoxy groups -OCH3 is 1. The molecule has 1 unspecified atom stereocenters. The lowest BCUT2D eigenvalue weighted by molar-refractivity contribution is 0.0931. The van der Waals surface area contributed by atoms with Gasteiger partial charge in [0.15, 0.2) is 11.5 Å². The number of rotatable bonds is 6. The Balaban J connectivity index is 1.30. The molecule has 3 heterocycles. The lowest BCUT2D eigenvalue weighted by Crippen LogP contribution is -2.30. The normalized spacial score (nSPS) is 24.6. The minimum absolute atomic E-state index is 0.0112. The highest BCUT2D eigenvalue weighted by atomic mass is 16.5. The third kappa shape index (κ3) is 3.88. The van der Waals surface area contributed by atoms with Crippen LogP contribution in [0, 0.1) is 11.8 Å². The van der Waals surface area contributed by atoms with Gasteiger partial charge in [-0.3, -0.25) is 9.69 Å². The number of hydrogen-bond donors (Lipinski definition) is 1. The van der Waals surface area contributed by atoms with Gasteiger partial charge < -0.3 is 14.6 Å². The molecule has 1 N–H and O–H groups in total. The van der Waals surface area contributed by atoms with Crippen molar-refractivity contribution in [2.24, 2.45) is 11.8 Å². The van der Waals surface area contributed by atoms with Crippen LogP contribution in [0.4, 0.5) is 0 Å². The monoisotopic (exact) mass is 369 g/mol.